The lowest BCUT2D eigenvalue weighted by Crippen LogP contribution is -2.34. The summed E-state index contributed by atoms with van der Waals surface area (Å²) in [7, 11) is 0. The first-order chi connectivity index (χ1) is 15.5. The van der Waals surface area contributed by atoms with Crippen molar-refractivity contribution in [2.24, 2.45) is 11.8 Å². The number of nitrogens with one attached hydrogen (secondary N) is 1. The van der Waals surface area contributed by atoms with Crippen LogP contribution < -0.4 is 5.32 Å². The zero-order chi connectivity index (χ0) is 22.7. The van der Waals surface area contributed by atoms with Crippen molar-refractivity contribution in [3.05, 3.63) is 65.6 Å². The van der Waals surface area contributed by atoms with E-state index in [1.807, 2.05) is 53.9 Å². The first kappa shape index (κ1) is 21.8. The summed E-state index contributed by atoms with van der Waals surface area (Å²) in [4.78, 5) is 37.5. The van der Waals surface area contributed by atoms with E-state index < -0.39 is 29.7 Å². The van der Waals surface area contributed by atoms with Crippen molar-refractivity contribution in [1.82, 2.24) is 0 Å². The van der Waals surface area contributed by atoms with E-state index >= 15 is 0 Å². The van der Waals surface area contributed by atoms with E-state index in [1.54, 1.807) is 13.0 Å². The maximum atomic E-state index is 13.0. The number of carbonyl (C=O) groups excluding carboxylic acids is 2. The number of thiophene rings is 1. The third kappa shape index (κ3) is 4.16. The summed E-state index contributed by atoms with van der Waals surface area (Å²) in [5, 5.41) is 16.6. The number of carboxylic acid groups (broad SMARTS) is 1. The summed E-state index contributed by atoms with van der Waals surface area (Å²) in [5.41, 5.74) is 1.84. The summed E-state index contributed by atoms with van der Waals surface area (Å²) >= 11 is 1.24. The van der Waals surface area contributed by atoms with Gasteiger partial charge in [0.2, 0.25) is 5.91 Å². The van der Waals surface area contributed by atoms with Crippen LogP contribution in [0.2, 0.25) is 0 Å². The molecule has 2 aromatic carbocycles. The fourth-order valence-corrected chi connectivity index (χ4v) is 5.05. The van der Waals surface area contributed by atoms with Crippen molar-refractivity contribution in [3.8, 4) is 11.1 Å². The minimum atomic E-state index is -0.997. The molecule has 1 heterocycles. The molecule has 6 nitrogen and oxygen atoms in total. The number of fused-ring (bicyclic) bond motifs is 1. The summed E-state index contributed by atoms with van der Waals surface area (Å²) < 4.78 is 5.30. The number of benzene rings is 2. The fraction of sp³-hybridized carbons (Fsp3) is 0.240. The van der Waals surface area contributed by atoms with Crippen LogP contribution in [0, 0.1) is 11.8 Å². The Labute approximate surface area is 189 Å². The summed E-state index contributed by atoms with van der Waals surface area (Å²) in [5.74, 6) is -3.41. The summed E-state index contributed by atoms with van der Waals surface area (Å²) in [6.45, 7) is 1.93. The highest BCUT2D eigenvalue weighted by Crippen LogP contribution is 2.40. The van der Waals surface area contributed by atoms with E-state index in [0.717, 1.165) is 16.3 Å². The monoisotopic (exact) mass is 449 g/mol. The van der Waals surface area contributed by atoms with Gasteiger partial charge in [-0.15, -0.1) is 11.3 Å². The highest BCUT2D eigenvalue weighted by Gasteiger charge is 2.35. The molecule has 0 saturated carbocycles. The Morgan fingerprint density at radius 2 is 1.75 bits per heavy atom. The van der Waals surface area contributed by atoms with Gasteiger partial charge in [0, 0.05) is 10.9 Å². The molecule has 2 N–H and O–H groups in total. The molecule has 0 fully saturated rings. The first-order valence-corrected chi connectivity index (χ1v) is 11.3. The van der Waals surface area contributed by atoms with Crippen LogP contribution in [0.1, 0.15) is 30.1 Å². The third-order valence-corrected chi connectivity index (χ3v) is 6.57. The normalized spacial score (nSPS) is 17.8. The van der Waals surface area contributed by atoms with Crippen LogP contribution in [0.4, 0.5) is 5.00 Å². The van der Waals surface area contributed by atoms with Crippen LogP contribution in [0.15, 0.2) is 60.0 Å². The lowest BCUT2D eigenvalue weighted by atomic mass is 9.82. The number of amides is 1. The molecule has 1 aliphatic rings. The van der Waals surface area contributed by atoms with Crippen LogP contribution in [0.25, 0.3) is 21.9 Å². The molecule has 7 heteroatoms. The molecule has 164 valence electrons. The molecule has 1 aromatic heterocycles. The Balaban J connectivity index is 1.74. The summed E-state index contributed by atoms with van der Waals surface area (Å²) in [6, 6.07) is 13.7. The van der Waals surface area contributed by atoms with Gasteiger partial charge in [0.1, 0.15) is 10.6 Å². The smallest absolute Gasteiger partial charge is 0.341 e. The number of hydrogen-bond donors (Lipinski definition) is 2. The van der Waals surface area contributed by atoms with Crippen molar-refractivity contribution >= 4 is 45.0 Å². The van der Waals surface area contributed by atoms with Crippen LogP contribution in [0.5, 0.6) is 0 Å². The molecule has 0 bridgehead atoms. The number of carbonyl (C=O) groups is 3. The van der Waals surface area contributed by atoms with E-state index in [4.69, 9.17) is 4.74 Å². The molecule has 1 amide bonds. The van der Waals surface area contributed by atoms with Crippen molar-refractivity contribution < 1.29 is 24.2 Å². The van der Waals surface area contributed by atoms with E-state index in [0.29, 0.717) is 29.0 Å². The topological polar surface area (TPSA) is 92.7 Å². The standard InChI is InChI=1S/C25H23NO5S/c1-2-31-25(30)21-20(17-13-7-9-15-8-3-4-10-16(15)17)14-32-23(21)26-22(27)18-11-5-6-12-19(18)24(28)29/h3-10,13-14,18-19H,2,11-12H2,1H3,(H,26,27)(H,28,29). The number of carboxylic acids is 1. The van der Waals surface area contributed by atoms with Crippen LogP contribution in [-0.4, -0.2) is 29.6 Å². The SMILES string of the molecule is CCOC(=O)c1c(-c2cccc3ccccc23)csc1NC(=O)C1CC=CCC1C(=O)O. The Hall–Kier alpha value is -3.45. The number of anilines is 1. The number of aliphatic carboxylic acids is 1. The number of hydrogen-bond acceptors (Lipinski definition) is 5. The molecule has 2 unspecified atom stereocenters. The molecule has 0 saturated heterocycles. The predicted molar refractivity (Wildman–Crippen MR) is 125 cm³/mol. The lowest BCUT2D eigenvalue weighted by molar-refractivity contribution is -0.146. The largest absolute Gasteiger partial charge is 0.481 e. The zero-order valence-electron chi connectivity index (χ0n) is 17.5. The van der Waals surface area contributed by atoms with Gasteiger partial charge in [-0.1, -0.05) is 54.6 Å². The lowest BCUT2D eigenvalue weighted by Gasteiger charge is -2.24. The second-order valence-corrected chi connectivity index (χ2v) is 8.46. The minimum Gasteiger partial charge on any atom is -0.481 e. The molecule has 0 spiro atoms. The van der Waals surface area contributed by atoms with Gasteiger partial charge in [-0.05, 0) is 36.1 Å². The fourth-order valence-electron chi connectivity index (χ4n) is 4.10. The molecule has 4 rings (SSSR count). The van der Waals surface area contributed by atoms with Gasteiger partial charge >= 0.3 is 11.9 Å². The second kappa shape index (κ2) is 9.36. The average molecular weight is 450 g/mol. The Morgan fingerprint density at radius 3 is 2.50 bits per heavy atom. The van der Waals surface area contributed by atoms with E-state index in [9.17, 15) is 19.5 Å². The molecule has 0 aliphatic heterocycles. The van der Waals surface area contributed by atoms with Crippen molar-refractivity contribution in [2.75, 3.05) is 11.9 Å². The van der Waals surface area contributed by atoms with Crippen molar-refractivity contribution in [2.45, 2.75) is 19.8 Å². The van der Waals surface area contributed by atoms with Gasteiger partial charge in [0.25, 0.3) is 0 Å². The van der Waals surface area contributed by atoms with Crippen LogP contribution >= 0.6 is 11.3 Å². The van der Waals surface area contributed by atoms with Crippen LogP contribution in [-0.2, 0) is 14.3 Å². The Morgan fingerprint density at radius 1 is 1.03 bits per heavy atom. The van der Waals surface area contributed by atoms with Crippen molar-refractivity contribution in [1.29, 1.82) is 0 Å². The van der Waals surface area contributed by atoms with Crippen LogP contribution in [0.3, 0.4) is 0 Å². The number of allylic oxidation sites excluding steroid dienone is 2. The van der Waals surface area contributed by atoms with E-state index in [2.05, 4.69) is 5.32 Å². The van der Waals surface area contributed by atoms with Gasteiger partial charge in [0.15, 0.2) is 0 Å². The third-order valence-electron chi connectivity index (χ3n) is 5.67. The molecular formula is C25H23NO5S. The molecular weight excluding hydrogens is 426 g/mol. The minimum absolute atomic E-state index is 0.200. The Bertz CT molecular complexity index is 1210. The van der Waals surface area contributed by atoms with Crippen molar-refractivity contribution in [3.63, 3.8) is 0 Å². The number of esters is 1. The second-order valence-electron chi connectivity index (χ2n) is 7.58. The first-order valence-electron chi connectivity index (χ1n) is 10.5. The summed E-state index contributed by atoms with van der Waals surface area (Å²) in [6.07, 6.45) is 4.27. The zero-order valence-corrected chi connectivity index (χ0v) is 18.4. The predicted octanol–water partition coefficient (Wildman–Crippen LogP) is 5.35. The molecule has 1 aliphatic carbocycles. The number of rotatable bonds is 6. The Kier molecular flexibility index (Phi) is 6.37. The van der Waals surface area contributed by atoms with Gasteiger partial charge in [-0.25, -0.2) is 4.79 Å². The highest BCUT2D eigenvalue weighted by molar-refractivity contribution is 7.15. The van der Waals surface area contributed by atoms with E-state index in [1.165, 1.54) is 11.3 Å². The molecule has 3 aromatic rings. The molecule has 0 radical (unpaired) electrons. The van der Waals surface area contributed by atoms with Gasteiger partial charge < -0.3 is 15.2 Å². The van der Waals surface area contributed by atoms with Gasteiger partial charge in [-0.2, -0.15) is 0 Å². The maximum Gasteiger partial charge on any atom is 0.341 e. The van der Waals surface area contributed by atoms with E-state index in [-0.39, 0.29) is 6.61 Å². The molecule has 32 heavy (non-hydrogen) atoms. The van der Waals surface area contributed by atoms with Gasteiger partial charge in [0.05, 0.1) is 18.4 Å². The molecule has 2 atom stereocenters. The average Bonchev–Trinajstić information content (AvgIpc) is 3.22. The van der Waals surface area contributed by atoms with Gasteiger partial charge in [-0.3, -0.25) is 9.59 Å². The quantitative estimate of drug-likeness (QED) is 0.391. The maximum absolute atomic E-state index is 13.0. The number of ether oxygens (including phenoxy) is 1. The highest BCUT2D eigenvalue weighted by atomic mass is 32.1.